The minimum Gasteiger partial charge on any atom is -0.485 e. The third-order valence-corrected chi connectivity index (χ3v) is 2.44. The largest absolute Gasteiger partial charge is 0.485 e. The topological polar surface area (TPSA) is 55.8 Å². The second-order valence-corrected chi connectivity index (χ2v) is 4.33. The van der Waals surface area contributed by atoms with Crippen LogP contribution in [0.3, 0.4) is 0 Å². The molecular weight excluding hydrogens is 240 g/mol. The van der Waals surface area contributed by atoms with Crippen molar-refractivity contribution in [2.45, 2.75) is 45.4 Å². The Morgan fingerprint density at radius 3 is 2.41 bits per heavy atom. The van der Waals surface area contributed by atoms with E-state index in [4.69, 9.17) is 26.8 Å². The highest BCUT2D eigenvalue weighted by Crippen LogP contribution is 2.05. The fourth-order valence-corrected chi connectivity index (χ4v) is 1.50. The predicted octanol–water partition coefficient (Wildman–Crippen LogP) is 2.79. The molecule has 0 aliphatic carbocycles. The van der Waals surface area contributed by atoms with Gasteiger partial charge in [0.05, 0.1) is 6.61 Å². The van der Waals surface area contributed by atoms with Gasteiger partial charge in [0.1, 0.15) is 13.2 Å². The van der Waals surface area contributed by atoms with Crippen LogP contribution in [0.2, 0.25) is 0 Å². The Morgan fingerprint density at radius 2 is 1.76 bits per heavy atom. The molecule has 0 amide bonds. The summed E-state index contributed by atoms with van der Waals surface area (Å²) in [5.74, 6) is -0.997. The molecule has 0 atom stereocenters. The highest BCUT2D eigenvalue weighted by Gasteiger charge is 2.01. The van der Waals surface area contributed by atoms with Crippen LogP contribution in [0.15, 0.2) is 0 Å². The summed E-state index contributed by atoms with van der Waals surface area (Å²) >= 11 is 4.89. The van der Waals surface area contributed by atoms with Crippen LogP contribution in [-0.2, 0) is 14.3 Å². The maximum Gasteiger partial charge on any atom is 0.329 e. The summed E-state index contributed by atoms with van der Waals surface area (Å²) in [6.45, 7) is 2.54. The molecule has 0 saturated carbocycles. The summed E-state index contributed by atoms with van der Waals surface area (Å²) in [6.07, 6.45) is 7.20. The van der Waals surface area contributed by atoms with Gasteiger partial charge in [-0.3, -0.25) is 0 Å². The Labute approximate surface area is 108 Å². The smallest absolute Gasteiger partial charge is 0.329 e. The van der Waals surface area contributed by atoms with Crippen LogP contribution in [0.25, 0.3) is 0 Å². The maximum atomic E-state index is 10.2. The first-order valence-corrected chi connectivity index (χ1v) is 6.52. The van der Waals surface area contributed by atoms with Gasteiger partial charge in [0.25, 0.3) is 0 Å². The highest BCUT2D eigenvalue weighted by molar-refractivity contribution is 7.80. The molecule has 0 rings (SSSR count). The van der Waals surface area contributed by atoms with Crippen LogP contribution in [0.1, 0.15) is 45.4 Å². The van der Waals surface area contributed by atoms with Gasteiger partial charge in [-0.1, -0.05) is 39.0 Å². The zero-order valence-electron chi connectivity index (χ0n) is 10.4. The van der Waals surface area contributed by atoms with Crippen LogP contribution in [0, 0.1) is 0 Å². The molecule has 0 aromatic rings. The number of carboxylic acids is 1. The van der Waals surface area contributed by atoms with Crippen LogP contribution in [0.4, 0.5) is 0 Å². The number of carboxylic acid groups (broad SMARTS) is 1. The third-order valence-electron chi connectivity index (χ3n) is 2.21. The lowest BCUT2D eigenvalue weighted by Crippen LogP contribution is -2.15. The third kappa shape index (κ3) is 13.3. The average Bonchev–Trinajstić information content (AvgIpc) is 2.27. The number of rotatable bonds is 11. The quantitative estimate of drug-likeness (QED) is 0.458. The van der Waals surface area contributed by atoms with Gasteiger partial charge in [-0.15, -0.1) is 0 Å². The first-order valence-electron chi connectivity index (χ1n) is 6.12. The van der Waals surface area contributed by atoms with E-state index in [9.17, 15) is 4.79 Å². The lowest BCUT2D eigenvalue weighted by Gasteiger charge is -2.07. The van der Waals surface area contributed by atoms with E-state index in [1.807, 2.05) is 0 Å². The van der Waals surface area contributed by atoms with E-state index in [0.29, 0.717) is 11.7 Å². The Morgan fingerprint density at radius 1 is 1.12 bits per heavy atom. The van der Waals surface area contributed by atoms with Gasteiger partial charge in [-0.2, -0.15) is 0 Å². The van der Waals surface area contributed by atoms with Gasteiger partial charge >= 0.3 is 5.97 Å². The molecule has 0 aliphatic heterocycles. The molecule has 5 heteroatoms. The van der Waals surface area contributed by atoms with E-state index in [0.717, 1.165) is 12.8 Å². The first-order chi connectivity index (χ1) is 8.16. The summed E-state index contributed by atoms with van der Waals surface area (Å²) in [5, 5.41) is 8.67. The van der Waals surface area contributed by atoms with Crippen molar-refractivity contribution >= 4 is 23.2 Å². The number of ether oxygens (including phenoxy) is 2. The molecule has 0 fully saturated rings. The number of carbonyl (C=O) groups is 1. The van der Waals surface area contributed by atoms with Crippen LogP contribution in [-0.4, -0.2) is 35.9 Å². The fourth-order valence-electron chi connectivity index (χ4n) is 1.33. The van der Waals surface area contributed by atoms with Crippen LogP contribution < -0.4 is 0 Å². The van der Waals surface area contributed by atoms with Crippen molar-refractivity contribution in [3.05, 3.63) is 0 Å². The number of aliphatic carboxylic acids is 1. The Kier molecular flexibility index (Phi) is 11.3. The molecular formula is C12H22O4S. The van der Waals surface area contributed by atoms with Gasteiger partial charge in [0.15, 0.2) is 5.05 Å². The van der Waals surface area contributed by atoms with Gasteiger partial charge in [-0.05, 0) is 18.6 Å². The number of hydrogen-bond donors (Lipinski definition) is 1. The molecule has 1 N–H and O–H groups in total. The van der Waals surface area contributed by atoms with Crippen molar-refractivity contribution in [2.24, 2.45) is 0 Å². The fraction of sp³-hybridized carbons (Fsp3) is 0.833. The summed E-state index contributed by atoms with van der Waals surface area (Å²) in [5.41, 5.74) is 0. The molecule has 0 bridgehead atoms. The summed E-state index contributed by atoms with van der Waals surface area (Å²) in [4.78, 5) is 10.2. The maximum absolute atomic E-state index is 10.2. The lowest BCUT2D eigenvalue weighted by molar-refractivity contribution is -0.141. The zero-order chi connectivity index (χ0) is 12.9. The predicted molar refractivity (Wildman–Crippen MR) is 70.4 cm³/mol. The SMILES string of the molecule is CCCCCCCCOC(=S)COCC(=O)O. The monoisotopic (exact) mass is 262 g/mol. The standard InChI is InChI=1S/C12H22O4S/c1-2-3-4-5-6-7-8-16-12(17)10-15-9-11(13)14/h2-10H2,1H3,(H,13,14). The molecule has 0 aromatic carbocycles. The molecule has 0 radical (unpaired) electrons. The van der Waals surface area contributed by atoms with Gasteiger partial charge < -0.3 is 14.6 Å². The Balaban J connectivity index is 3.19. The summed E-state index contributed by atoms with van der Waals surface area (Å²) in [7, 11) is 0. The molecule has 17 heavy (non-hydrogen) atoms. The van der Waals surface area contributed by atoms with E-state index in [1.54, 1.807) is 0 Å². The van der Waals surface area contributed by atoms with Gasteiger partial charge in [0, 0.05) is 0 Å². The zero-order valence-corrected chi connectivity index (χ0v) is 11.3. The first kappa shape index (κ1) is 16.3. The van der Waals surface area contributed by atoms with Crippen LogP contribution >= 0.6 is 12.2 Å². The molecule has 0 spiro atoms. The molecule has 0 unspecified atom stereocenters. The van der Waals surface area contributed by atoms with E-state index >= 15 is 0 Å². The van der Waals surface area contributed by atoms with Crippen molar-refractivity contribution in [2.75, 3.05) is 19.8 Å². The number of hydrogen-bond acceptors (Lipinski definition) is 4. The van der Waals surface area contributed by atoms with Crippen molar-refractivity contribution in [3.63, 3.8) is 0 Å². The molecule has 0 aromatic heterocycles. The average molecular weight is 262 g/mol. The van der Waals surface area contributed by atoms with Crippen molar-refractivity contribution in [1.29, 1.82) is 0 Å². The van der Waals surface area contributed by atoms with E-state index < -0.39 is 5.97 Å². The Bertz CT molecular complexity index is 219. The highest BCUT2D eigenvalue weighted by atomic mass is 32.1. The second-order valence-electron chi connectivity index (χ2n) is 3.87. The second kappa shape index (κ2) is 11.8. The van der Waals surface area contributed by atoms with E-state index in [1.165, 1.54) is 25.7 Å². The lowest BCUT2D eigenvalue weighted by atomic mass is 10.1. The molecule has 4 nitrogen and oxygen atoms in total. The Hall–Kier alpha value is -0.680. The minimum absolute atomic E-state index is 0.0808. The summed E-state index contributed by atoms with van der Waals surface area (Å²) < 4.78 is 10.0. The van der Waals surface area contributed by atoms with E-state index in [-0.39, 0.29) is 13.2 Å². The van der Waals surface area contributed by atoms with Gasteiger partial charge in [-0.25, -0.2) is 4.79 Å². The number of unbranched alkanes of at least 4 members (excludes halogenated alkanes) is 5. The van der Waals surface area contributed by atoms with Crippen LogP contribution in [0.5, 0.6) is 0 Å². The summed E-state index contributed by atoms with van der Waals surface area (Å²) in [6, 6.07) is 0. The normalized spacial score (nSPS) is 10.2. The van der Waals surface area contributed by atoms with E-state index in [2.05, 4.69) is 6.92 Å². The minimum atomic E-state index is -0.997. The van der Waals surface area contributed by atoms with Crippen molar-refractivity contribution in [1.82, 2.24) is 0 Å². The molecule has 0 heterocycles. The molecule has 100 valence electrons. The molecule has 0 saturated heterocycles. The van der Waals surface area contributed by atoms with Gasteiger partial charge in [0.2, 0.25) is 0 Å². The van der Waals surface area contributed by atoms with Crippen molar-refractivity contribution < 1.29 is 19.4 Å². The number of thiocarbonyl (C=S) groups is 1. The van der Waals surface area contributed by atoms with Crippen molar-refractivity contribution in [3.8, 4) is 0 Å². The molecule has 0 aliphatic rings.